The second kappa shape index (κ2) is 9.84. The summed E-state index contributed by atoms with van der Waals surface area (Å²) in [5, 5.41) is 18.3. The van der Waals surface area contributed by atoms with Gasteiger partial charge >= 0.3 is 0 Å². The van der Waals surface area contributed by atoms with Crippen LogP contribution in [-0.2, 0) is 11.3 Å². The minimum absolute atomic E-state index is 0.0661. The summed E-state index contributed by atoms with van der Waals surface area (Å²) in [7, 11) is 0. The minimum Gasteiger partial charge on any atom is -0.340 e. The van der Waals surface area contributed by atoms with Gasteiger partial charge in [-0.3, -0.25) is 4.79 Å². The summed E-state index contributed by atoms with van der Waals surface area (Å²) >= 11 is 1.41. The predicted molar refractivity (Wildman–Crippen MR) is 102 cm³/mol. The Morgan fingerprint density at radius 1 is 1.23 bits per heavy atom. The van der Waals surface area contributed by atoms with Crippen molar-refractivity contribution >= 4 is 28.7 Å². The van der Waals surface area contributed by atoms with Crippen molar-refractivity contribution in [3.63, 3.8) is 0 Å². The highest BCUT2D eigenvalue weighted by Gasteiger charge is 2.17. The molecule has 0 aliphatic carbocycles. The molecule has 0 radical (unpaired) electrons. The van der Waals surface area contributed by atoms with Crippen molar-refractivity contribution < 1.29 is 4.79 Å². The van der Waals surface area contributed by atoms with E-state index in [1.54, 1.807) is 4.90 Å². The number of rotatable bonds is 9. The molecule has 0 N–H and O–H groups in total. The van der Waals surface area contributed by atoms with Gasteiger partial charge in [0.2, 0.25) is 5.91 Å². The Kier molecular flexibility index (Phi) is 7.50. The van der Waals surface area contributed by atoms with Crippen molar-refractivity contribution in [2.75, 3.05) is 18.8 Å². The number of thioether (sulfide) groups is 1. The topological polar surface area (TPSA) is 85.7 Å². The number of hydrogen-bond donors (Lipinski definition) is 0. The van der Waals surface area contributed by atoms with Gasteiger partial charge in [0.15, 0.2) is 5.16 Å². The van der Waals surface area contributed by atoms with E-state index in [4.69, 9.17) is 10.5 Å². The van der Waals surface area contributed by atoms with Crippen molar-refractivity contribution in [2.24, 2.45) is 5.92 Å². The lowest BCUT2D eigenvalue weighted by atomic mass is 10.2. The summed E-state index contributed by atoms with van der Waals surface area (Å²) in [6.07, 6.45) is 0.543. The van der Waals surface area contributed by atoms with Crippen LogP contribution in [0.15, 0.2) is 29.4 Å². The van der Waals surface area contributed by atoms with E-state index in [0.29, 0.717) is 19.0 Å². The first kappa shape index (κ1) is 19.8. The van der Waals surface area contributed by atoms with E-state index in [-0.39, 0.29) is 24.5 Å². The van der Waals surface area contributed by atoms with Gasteiger partial charge in [0.25, 0.3) is 0 Å². The molecule has 0 saturated carbocycles. The van der Waals surface area contributed by atoms with E-state index in [1.807, 2.05) is 24.3 Å². The Bertz CT molecular complexity index is 813. The van der Waals surface area contributed by atoms with Crippen molar-refractivity contribution in [1.82, 2.24) is 14.5 Å². The van der Waals surface area contributed by atoms with Gasteiger partial charge in [-0.1, -0.05) is 37.7 Å². The highest BCUT2D eigenvalue weighted by Crippen LogP contribution is 2.25. The fourth-order valence-electron chi connectivity index (χ4n) is 2.65. The molecule has 6 nitrogen and oxygen atoms in total. The van der Waals surface area contributed by atoms with E-state index in [1.165, 1.54) is 11.8 Å². The molecule has 0 spiro atoms. The van der Waals surface area contributed by atoms with Crippen molar-refractivity contribution in [3.8, 4) is 12.1 Å². The largest absolute Gasteiger partial charge is 0.340 e. The number of imidazole rings is 1. The Morgan fingerprint density at radius 2 is 1.88 bits per heavy atom. The molecule has 0 atom stereocenters. The lowest BCUT2D eigenvalue weighted by molar-refractivity contribution is -0.128. The summed E-state index contributed by atoms with van der Waals surface area (Å²) < 4.78 is 2.16. The van der Waals surface area contributed by atoms with Crippen LogP contribution in [0.5, 0.6) is 0 Å². The maximum atomic E-state index is 12.5. The van der Waals surface area contributed by atoms with Crippen LogP contribution >= 0.6 is 11.8 Å². The Balaban J connectivity index is 2.13. The highest BCUT2D eigenvalue weighted by molar-refractivity contribution is 7.99. The van der Waals surface area contributed by atoms with Crippen LogP contribution < -0.4 is 0 Å². The molecule has 2 aromatic rings. The summed E-state index contributed by atoms with van der Waals surface area (Å²) in [6.45, 7) is 5.86. The van der Waals surface area contributed by atoms with E-state index in [2.05, 4.69) is 35.5 Å². The average molecular weight is 369 g/mol. The van der Waals surface area contributed by atoms with Gasteiger partial charge in [-0.15, -0.1) is 0 Å². The molecule has 7 heteroatoms. The third-order valence-corrected chi connectivity index (χ3v) is 4.79. The molecule has 0 bridgehead atoms. The number of nitrogens with zero attached hydrogens (tertiary/aromatic N) is 5. The Morgan fingerprint density at radius 3 is 2.50 bits per heavy atom. The van der Waals surface area contributed by atoms with Gasteiger partial charge < -0.3 is 9.47 Å². The molecule has 26 heavy (non-hydrogen) atoms. The maximum Gasteiger partial charge on any atom is 0.233 e. The molecule has 1 aromatic carbocycles. The number of hydrogen-bond acceptors (Lipinski definition) is 5. The zero-order valence-electron chi connectivity index (χ0n) is 15.2. The number of fused-ring (bicyclic) bond motifs is 1. The fraction of sp³-hybridized carbons (Fsp3) is 0.474. The molecule has 0 aliphatic heterocycles. The predicted octanol–water partition coefficient (Wildman–Crippen LogP) is 3.44. The van der Waals surface area contributed by atoms with E-state index >= 15 is 0 Å². The zero-order chi connectivity index (χ0) is 18.9. The maximum absolute atomic E-state index is 12.5. The van der Waals surface area contributed by atoms with Crippen LogP contribution in [0.1, 0.15) is 26.7 Å². The molecular formula is C19H23N5OS. The molecule has 0 aliphatic rings. The first-order valence-corrected chi connectivity index (χ1v) is 9.65. The van der Waals surface area contributed by atoms with Crippen molar-refractivity contribution in [3.05, 3.63) is 24.3 Å². The zero-order valence-corrected chi connectivity index (χ0v) is 16.0. The van der Waals surface area contributed by atoms with Gasteiger partial charge in [0, 0.05) is 19.6 Å². The smallest absolute Gasteiger partial charge is 0.233 e. The number of benzene rings is 1. The lowest BCUT2D eigenvalue weighted by Gasteiger charge is -2.20. The third kappa shape index (κ3) is 5.24. The third-order valence-electron chi connectivity index (χ3n) is 3.83. The number of para-hydroxylation sites is 2. The first-order chi connectivity index (χ1) is 12.6. The van der Waals surface area contributed by atoms with Crippen LogP contribution in [0.4, 0.5) is 0 Å². The SMILES string of the molecule is CC(C)Cn1c(SCC(=O)N(CCC#N)CCC#N)nc2ccccc21. The van der Waals surface area contributed by atoms with E-state index in [0.717, 1.165) is 22.7 Å². The van der Waals surface area contributed by atoms with Crippen molar-refractivity contribution in [1.29, 1.82) is 10.5 Å². The van der Waals surface area contributed by atoms with Crippen LogP contribution in [-0.4, -0.2) is 39.2 Å². The standard InChI is InChI=1S/C19H23N5OS/c1-15(2)13-24-17-8-4-3-7-16(17)22-19(24)26-14-18(25)23(11-5-9-20)12-6-10-21/h3-4,7-8,15H,5-6,11-14H2,1-2H3. The number of amides is 1. The van der Waals surface area contributed by atoms with Gasteiger partial charge in [0.05, 0.1) is 41.8 Å². The molecule has 0 saturated heterocycles. The first-order valence-electron chi connectivity index (χ1n) is 8.66. The van der Waals surface area contributed by atoms with Gasteiger partial charge in [0.1, 0.15) is 0 Å². The Hall–Kier alpha value is -2.51. The molecule has 1 amide bonds. The second-order valence-electron chi connectivity index (χ2n) is 6.37. The minimum atomic E-state index is -0.0661. The highest BCUT2D eigenvalue weighted by atomic mass is 32.2. The molecule has 136 valence electrons. The van der Waals surface area contributed by atoms with Crippen molar-refractivity contribution in [2.45, 2.75) is 38.4 Å². The monoisotopic (exact) mass is 369 g/mol. The Labute approximate surface area is 158 Å². The molecule has 0 fully saturated rings. The summed E-state index contributed by atoms with van der Waals surface area (Å²) in [4.78, 5) is 18.8. The molecular weight excluding hydrogens is 346 g/mol. The number of carbonyl (C=O) groups excluding carboxylic acids is 1. The molecule has 1 aromatic heterocycles. The molecule has 0 unspecified atom stereocenters. The number of nitriles is 2. The molecule has 2 rings (SSSR count). The van der Waals surface area contributed by atoms with Crippen LogP contribution in [0, 0.1) is 28.6 Å². The van der Waals surface area contributed by atoms with Crippen LogP contribution in [0.25, 0.3) is 11.0 Å². The normalized spacial score (nSPS) is 10.7. The quantitative estimate of drug-likeness (QED) is 0.632. The second-order valence-corrected chi connectivity index (χ2v) is 7.32. The van der Waals surface area contributed by atoms with Crippen LogP contribution in [0.2, 0.25) is 0 Å². The van der Waals surface area contributed by atoms with E-state index in [9.17, 15) is 4.79 Å². The van der Waals surface area contributed by atoms with Crippen LogP contribution in [0.3, 0.4) is 0 Å². The van der Waals surface area contributed by atoms with Gasteiger partial charge in [-0.05, 0) is 18.1 Å². The lowest BCUT2D eigenvalue weighted by Crippen LogP contribution is -2.34. The van der Waals surface area contributed by atoms with Gasteiger partial charge in [-0.25, -0.2) is 4.98 Å². The summed E-state index contributed by atoms with van der Waals surface area (Å²) in [5.41, 5.74) is 2.00. The number of aromatic nitrogens is 2. The average Bonchev–Trinajstić information content (AvgIpc) is 2.97. The number of carbonyl (C=O) groups is 1. The molecule has 1 heterocycles. The fourth-order valence-corrected chi connectivity index (χ4v) is 3.58. The summed E-state index contributed by atoms with van der Waals surface area (Å²) in [5.74, 6) is 0.646. The summed E-state index contributed by atoms with van der Waals surface area (Å²) in [6, 6.07) is 12.1. The van der Waals surface area contributed by atoms with E-state index < -0.39 is 0 Å². The van der Waals surface area contributed by atoms with Gasteiger partial charge in [-0.2, -0.15) is 10.5 Å².